The van der Waals surface area contributed by atoms with Crippen LogP contribution in [0.4, 0.5) is 13.6 Å². The number of para-hydroxylation sites is 1. The predicted molar refractivity (Wildman–Crippen MR) is 139 cm³/mol. The fraction of sp³-hybridized carbons (Fsp3) is 0.222. The van der Waals surface area contributed by atoms with Gasteiger partial charge < -0.3 is 18.9 Å². The lowest BCUT2D eigenvalue weighted by atomic mass is 10.0. The zero-order valence-electron chi connectivity index (χ0n) is 19.7. The van der Waals surface area contributed by atoms with E-state index >= 15 is 0 Å². The van der Waals surface area contributed by atoms with E-state index in [1.807, 2.05) is 36.7 Å². The highest BCUT2D eigenvalue weighted by atomic mass is 35.5. The lowest BCUT2D eigenvalue weighted by Gasteiger charge is -2.20. The fourth-order valence-electron chi connectivity index (χ4n) is 4.14. The van der Waals surface area contributed by atoms with Gasteiger partial charge in [0.05, 0.1) is 6.54 Å². The van der Waals surface area contributed by atoms with E-state index in [1.54, 1.807) is 47.4 Å². The number of nitrogens with zero attached hydrogens (tertiary/aromatic N) is 2. The van der Waals surface area contributed by atoms with Gasteiger partial charge in [0.25, 0.3) is 0 Å². The van der Waals surface area contributed by atoms with Crippen molar-refractivity contribution in [2.24, 2.45) is 0 Å². The number of carbonyl (C=O) groups excluding carboxylic acids is 1. The molecule has 1 heterocycles. The van der Waals surface area contributed by atoms with Crippen molar-refractivity contribution in [1.82, 2.24) is 9.47 Å². The molecule has 1 amide bonds. The molecule has 188 valence electrons. The van der Waals surface area contributed by atoms with Crippen molar-refractivity contribution in [3.63, 3.8) is 0 Å². The molecule has 0 aliphatic rings. The number of halogens is 4. The molecule has 0 saturated carbocycles. The summed E-state index contributed by atoms with van der Waals surface area (Å²) >= 11 is 12.6. The first kappa shape index (κ1) is 25.8. The van der Waals surface area contributed by atoms with E-state index in [0.29, 0.717) is 52.1 Å². The Morgan fingerprint density at radius 1 is 0.972 bits per heavy atom. The molecule has 0 fully saturated rings. The van der Waals surface area contributed by atoms with Gasteiger partial charge in [-0.1, -0.05) is 41.4 Å². The molecule has 0 spiro atoms. The first-order chi connectivity index (χ1) is 17.3. The molecule has 1 aromatic heterocycles. The average molecular weight is 533 g/mol. The smallest absolute Gasteiger partial charge is 0.415 e. The van der Waals surface area contributed by atoms with Crippen molar-refractivity contribution in [2.75, 3.05) is 13.1 Å². The summed E-state index contributed by atoms with van der Waals surface area (Å²) in [6.07, 6.45) is 1.38. The maximum atomic E-state index is 12.9. The molecule has 4 rings (SSSR count). The second-order valence-corrected chi connectivity index (χ2v) is 8.87. The van der Waals surface area contributed by atoms with Gasteiger partial charge in [-0.05, 0) is 61.9 Å². The molecule has 0 aliphatic carbocycles. The maximum absolute atomic E-state index is 12.9. The Morgan fingerprint density at radius 3 is 2.33 bits per heavy atom. The van der Waals surface area contributed by atoms with Crippen LogP contribution in [0.5, 0.6) is 11.5 Å². The van der Waals surface area contributed by atoms with Crippen LogP contribution in [0.15, 0.2) is 66.9 Å². The maximum Gasteiger partial charge on any atom is 0.415 e. The predicted octanol–water partition coefficient (Wildman–Crippen LogP) is 8.11. The Hall–Kier alpha value is -3.29. The summed E-state index contributed by atoms with van der Waals surface area (Å²) in [4.78, 5) is 14.3. The third-order valence-electron chi connectivity index (χ3n) is 5.81. The number of aromatic nitrogens is 1. The molecule has 4 aromatic rings. The lowest BCUT2D eigenvalue weighted by Crippen LogP contribution is -2.33. The van der Waals surface area contributed by atoms with E-state index in [0.717, 1.165) is 10.9 Å². The number of fused-ring (bicyclic) bond motifs is 1. The number of benzene rings is 3. The number of carbonyl (C=O) groups is 1. The van der Waals surface area contributed by atoms with Gasteiger partial charge in [0.15, 0.2) is 0 Å². The van der Waals surface area contributed by atoms with E-state index in [4.69, 9.17) is 32.7 Å². The third kappa shape index (κ3) is 5.58. The Morgan fingerprint density at radius 2 is 1.67 bits per heavy atom. The Balaban J connectivity index is 1.83. The molecular weight excluding hydrogens is 509 g/mol. The monoisotopic (exact) mass is 532 g/mol. The second kappa shape index (κ2) is 11.2. The normalized spacial score (nSPS) is 11.2. The van der Waals surface area contributed by atoms with Crippen molar-refractivity contribution >= 4 is 40.2 Å². The van der Waals surface area contributed by atoms with Crippen LogP contribution >= 0.6 is 23.2 Å². The second-order valence-electron chi connectivity index (χ2n) is 8.00. The number of ether oxygens (including phenoxy) is 2. The molecule has 9 heteroatoms. The topological polar surface area (TPSA) is 43.7 Å². The molecule has 0 N–H and O–H groups in total. The summed E-state index contributed by atoms with van der Waals surface area (Å²) in [7, 11) is 0. The summed E-state index contributed by atoms with van der Waals surface area (Å²) in [5.74, 6) is 0.470. The average Bonchev–Trinajstić information content (AvgIpc) is 3.22. The van der Waals surface area contributed by atoms with Gasteiger partial charge in [0, 0.05) is 51.4 Å². The van der Waals surface area contributed by atoms with E-state index in [9.17, 15) is 13.6 Å². The zero-order valence-corrected chi connectivity index (χ0v) is 21.2. The first-order valence-corrected chi connectivity index (χ1v) is 12.1. The summed E-state index contributed by atoms with van der Waals surface area (Å²) in [5, 5.41) is 1.66. The molecule has 36 heavy (non-hydrogen) atoms. The number of hydrogen-bond acceptors (Lipinski definition) is 3. The molecule has 0 bridgehead atoms. The summed E-state index contributed by atoms with van der Waals surface area (Å²) in [6, 6.07) is 17.2. The van der Waals surface area contributed by atoms with Gasteiger partial charge in [0.1, 0.15) is 11.5 Å². The zero-order chi connectivity index (χ0) is 25.8. The number of alkyl halides is 2. The fourth-order valence-corrected chi connectivity index (χ4v) is 4.67. The van der Waals surface area contributed by atoms with Gasteiger partial charge in [-0.15, -0.1) is 0 Å². The van der Waals surface area contributed by atoms with Crippen LogP contribution in [-0.4, -0.2) is 35.3 Å². The minimum absolute atomic E-state index is 0.112. The van der Waals surface area contributed by atoms with Crippen LogP contribution in [0, 0.1) is 0 Å². The molecule has 0 radical (unpaired) electrons. The van der Waals surface area contributed by atoms with Crippen LogP contribution in [0.1, 0.15) is 19.4 Å². The van der Waals surface area contributed by atoms with E-state index in [1.165, 1.54) is 6.07 Å². The molecular formula is C27H24Cl2F2N2O3. The van der Waals surface area contributed by atoms with Gasteiger partial charge >= 0.3 is 12.7 Å². The van der Waals surface area contributed by atoms with Crippen molar-refractivity contribution in [1.29, 1.82) is 0 Å². The van der Waals surface area contributed by atoms with Crippen molar-refractivity contribution in [2.45, 2.75) is 27.0 Å². The largest absolute Gasteiger partial charge is 0.434 e. The highest BCUT2D eigenvalue weighted by Crippen LogP contribution is 2.40. The molecule has 5 nitrogen and oxygen atoms in total. The highest BCUT2D eigenvalue weighted by molar-refractivity contribution is 6.35. The van der Waals surface area contributed by atoms with Gasteiger partial charge in [0.2, 0.25) is 0 Å². The van der Waals surface area contributed by atoms with E-state index < -0.39 is 12.7 Å². The number of rotatable bonds is 8. The Bertz CT molecular complexity index is 1370. The lowest BCUT2D eigenvalue weighted by molar-refractivity contribution is -0.0504. The summed E-state index contributed by atoms with van der Waals surface area (Å²) < 4.78 is 38.2. The number of amides is 1. The van der Waals surface area contributed by atoms with Crippen LogP contribution < -0.4 is 9.47 Å². The minimum atomic E-state index is -2.92. The molecule has 3 aromatic carbocycles. The van der Waals surface area contributed by atoms with Gasteiger partial charge in [-0.2, -0.15) is 8.78 Å². The molecule has 0 atom stereocenters. The SMILES string of the molecule is CCN(CC)C(=O)Oc1ccc2c(ccn2Cc2ccccc2OC(F)F)c1-c1cc(Cl)cc(Cl)c1. The van der Waals surface area contributed by atoms with Crippen LogP contribution in [-0.2, 0) is 6.54 Å². The van der Waals surface area contributed by atoms with E-state index in [-0.39, 0.29) is 5.75 Å². The molecule has 0 saturated heterocycles. The van der Waals surface area contributed by atoms with Gasteiger partial charge in [-0.3, -0.25) is 0 Å². The Kier molecular flexibility index (Phi) is 8.01. The highest BCUT2D eigenvalue weighted by Gasteiger charge is 2.20. The quantitative estimate of drug-likeness (QED) is 0.230. The number of hydrogen-bond donors (Lipinski definition) is 0. The summed E-state index contributed by atoms with van der Waals surface area (Å²) in [5.41, 5.74) is 2.73. The van der Waals surface area contributed by atoms with Crippen LogP contribution in [0.3, 0.4) is 0 Å². The van der Waals surface area contributed by atoms with Crippen LogP contribution in [0.25, 0.3) is 22.0 Å². The molecule has 0 aliphatic heterocycles. The minimum Gasteiger partial charge on any atom is -0.434 e. The van der Waals surface area contributed by atoms with Crippen molar-refractivity contribution < 1.29 is 23.0 Å². The third-order valence-corrected chi connectivity index (χ3v) is 6.25. The standard InChI is InChI=1S/C27H24Cl2F2N2O3/c1-3-32(4-2)27(34)36-24-10-9-22-21(25(24)18-13-19(28)15-20(29)14-18)11-12-33(22)16-17-7-5-6-8-23(17)35-26(30)31/h5-15,26H,3-4,16H2,1-2H3. The van der Waals surface area contributed by atoms with E-state index in [2.05, 4.69) is 0 Å². The van der Waals surface area contributed by atoms with Crippen LogP contribution in [0.2, 0.25) is 10.0 Å². The van der Waals surface area contributed by atoms with Gasteiger partial charge in [-0.25, -0.2) is 4.79 Å². The Labute approximate surface area is 217 Å². The first-order valence-electron chi connectivity index (χ1n) is 11.4. The molecule has 0 unspecified atom stereocenters. The summed E-state index contributed by atoms with van der Waals surface area (Å²) in [6.45, 7) is 2.14. The van der Waals surface area contributed by atoms with Crippen molar-refractivity contribution in [3.8, 4) is 22.6 Å². The van der Waals surface area contributed by atoms with Crippen molar-refractivity contribution in [3.05, 3.63) is 82.5 Å².